The molecule has 1 saturated heterocycles. The highest BCUT2D eigenvalue weighted by molar-refractivity contribution is 5.95. The molecule has 0 spiro atoms. The first kappa shape index (κ1) is 18.1. The van der Waals surface area contributed by atoms with Crippen LogP contribution in [0.1, 0.15) is 27.7 Å². The maximum Gasteiger partial charge on any atom is 0.321 e. The molecule has 0 aromatic heterocycles. The molecule has 0 unspecified atom stereocenters. The van der Waals surface area contributed by atoms with E-state index in [1.807, 2.05) is 20.8 Å². The molecule has 0 aromatic rings. The third kappa shape index (κ3) is 7.34. The number of nitrogens with zero attached hydrogens (tertiary/aromatic N) is 1. The fourth-order valence-electron chi connectivity index (χ4n) is 1.84. The second kappa shape index (κ2) is 7.67. The minimum Gasteiger partial charge on any atom is -0.333 e. The van der Waals surface area contributed by atoms with Gasteiger partial charge in [0.05, 0.1) is 6.54 Å². The summed E-state index contributed by atoms with van der Waals surface area (Å²) < 4.78 is 0. The lowest BCUT2D eigenvalue weighted by Crippen LogP contribution is -2.55. The van der Waals surface area contributed by atoms with Crippen LogP contribution in [0.2, 0.25) is 0 Å². The number of nitrogens with one attached hydrogen (secondary N) is 3. The molecule has 1 aliphatic heterocycles. The molecule has 6 nitrogen and oxygen atoms in total. The van der Waals surface area contributed by atoms with E-state index < -0.39 is 6.03 Å². The minimum atomic E-state index is -0.435. The molecule has 0 radical (unpaired) electrons. The van der Waals surface area contributed by atoms with Crippen molar-refractivity contribution in [1.82, 2.24) is 20.9 Å². The third-order valence-electron chi connectivity index (χ3n) is 2.73. The summed E-state index contributed by atoms with van der Waals surface area (Å²) in [5.41, 5.74) is -0.341. The van der Waals surface area contributed by atoms with Gasteiger partial charge < -0.3 is 10.6 Å². The summed E-state index contributed by atoms with van der Waals surface area (Å²) in [4.78, 5) is 25.3. The fourth-order valence-corrected chi connectivity index (χ4v) is 1.84. The van der Waals surface area contributed by atoms with Gasteiger partial charge in [0.1, 0.15) is 0 Å². The molecule has 112 valence electrons. The Morgan fingerprint density at radius 1 is 1.37 bits per heavy atom. The molecule has 0 aliphatic carbocycles. The zero-order valence-corrected chi connectivity index (χ0v) is 12.9. The Hall–Kier alpha value is -0.850. The molecule has 0 aromatic carbocycles. The van der Waals surface area contributed by atoms with Crippen molar-refractivity contribution in [3.8, 4) is 0 Å². The van der Waals surface area contributed by atoms with Crippen molar-refractivity contribution in [3.05, 3.63) is 0 Å². The van der Waals surface area contributed by atoms with Gasteiger partial charge >= 0.3 is 6.03 Å². The molecule has 0 saturated carbocycles. The SMILES string of the molecule is C[C@@H]1CNCCN1CC(=O)NC(=O)NC(C)(C)C.Cl. The van der Waals surface area contributed by atoms with Crippen molar-refractivity contribution >= 4 is 24.3 Å². The smallest absolute Gasteiger partial charge is 0.321 e. The molecule has 1 aliphatic rings. The Morgan fingerprint density at radius 2 is 2.00 bits per heavy atom. The van der Waals surface area contributed by atoms with Crippen molar-refractivity contribution in [2.45, 2.75) is 39.3 Å². The van der Waals surface area contributed by atoms with Crippen LogP contribution in [0.4, 0.5) is 4.79 Å². The summed E-state index contributed by atoms with van der Waals surface area (Å²) >= 11 is 0. The summed E-state index contributed by atoms with van der Waals surface area (Å²) in [7, 11) is 0. The van der Waals surface area contributed by atoms with Gasteiger partial charge in [0, 0.05) is 31.2 Å². The van der Waals surface area contributed by atoms with E-state index in [0.29, 0.717) is 6.04 Å². The molecule has 0 bridgehead atoms. The Kier molecular flexibility index (Phi) is 7.33. The van der Waals surface area contributed by atoms with E-state index in [9.17, 15) is 9.59 Å². The lowest BCUT2D eigenvalue weighted by Gasteiger charge is -2.33. The summed E-state index contributed by atoms with van der Waals surface area (Å²) in [6.07, 6.45) is 0. The zero-order valence-electron chi connectivity index (χ0n) is 12.1. The molecule has 1 heterocycles. The van der Waals surface area contributed by atoms with E-state index in [4.69, 9.17) is 0 Å². The van der Waals surface area contributed by atoms with Crippen LogP contribution in [-0.4, -0.2) is 54.6 Å². The van der Waals surface area contributed by atoms with Crippen LogP contribution >= 0.6 is 12.4 Å². The number of carbonyl (C=O) groups excluding carboxylic acids is 2. The summed E-state index contributed by atoms with van der Waals surface area (Å²) in [5, 5.41) is 8.31. The molecular formula is C12H25ClN4O2. The normalized spacial score (nSPS) is 20.3. The lowest BCUT2D eigenvalue weighted by molar-refractivity contribution is -0.121. The minimum absolute atomic E-state index is 0. The van der Waals surface area contributed by atoms with Gasteiger partial charge in [-0.25, -0.2) is 4.79 Å². The molecule has 19 heavy (non-hydrogen) atoms. The van der Waals surface area contributed by atoms with Crippen molar-refractivity contribution < 1.29 is 9.59 Å². The second-order valence-corrected chi connectivity index (χ2v) is 5.78. The van der Waals surface area contributed by atoms with E-state index in [1.54, 1.807) is 0 Å². The number of urea groups is 1. The van der Waals surface area contributed by atoms with Crippen molar-refractivity contribution in [3.63, 3.8) is 0 Å². The average molecular weight is 293 g/mol. The largest absolute Gasteiger partial charge is 0.333 e. The number of imide groups is 1. The van der Waals surface area contributed by atoms with E-state index in [2.05, 4.69) is 27.8 Å². The van der Waals surface area contributed by atoms with Crippen LogP contribution < -0.4 is 16.0 Å². The van der Waals surface area contributed by atoms with Gasteiger partial charge in [-0.15, -0.1) is 12.4 Å². The number of hydrogen-bond donors (Lipinski definition) is 3. The first-order valence-corrected chi connectivity index (χ1v) is 6.35. The Bertz CT molecular complexity index is 317. The number of amides is 3. The standard InChI is InChI=1S/C12H24N4O2.ClH/c1-9-7-13-5-6-16(9)8-10(17)14-11(18)15-12(2,3)4;/h9,13H,5-8H2,1-4H3,(H2,14,15,17,18);1H/t9-;/m1./s1. The summed E-state index contributed by atoms with van der Waals surface area (Å²) in [6.45, 7) is 10.5. The first-order chi connectivity index (χ1) is 8.28. The van der Waals surface area contributed by atoms with Crippen molar-refractivity contribution in [2.24, 2.45) is 0 Å². The molecule has 7 heteroatoms. The van der Waals surface area contributed by atoms with Crippen LogP contribution in [0.15, 0.2) is 0 Å². The molecule has 1 fully saturated rings. The number of halogens is 1. The monoisotopic (exact) mass is 292 g/mol. The number of hydrogen-bond acceptors (Lipinski definition) is 4. The average Bonchev–Trinajstić information content (AvgIpc) is 2.18. The lowest BCUT2D eigenvalue weighted by atomic mass is 10.1. The number of rotatable bonds is 2. The highest BCUT2D eigenvalue weighted by Crippen LogP contribution is 2.01. The van der Waals surface area contributed by atoms with Crippen molar-refractivity contribution in [2.75, 3.05) is 26.2 Å². The molecule has 1 atom stereocenters. The molecule has 1 rings (SSSR count). The third-order valence-corrected chi connectivity index (χ3v) is 2.73. The Morgan fingerprint density at radius 3 is 2.53 bits per heavy atom. The van der Waals surface area contributed by atoms with Crippen LogP contribution in [0.5, 0.6) is 0 Å². The van der Waals surface area contributed by atoms with Gasteiger partial charge in [-0.05, 0) is 27.7 Å². The van der Waals surface area contributed by atoms with E-state index in [1.165, 1.54) is 0 Å². The highest BCUT2D eigenvalue weighted by Gasteiger charge is 2.22. The highest BCUT2D eigenvalue weighted by atomic mass is 35.5. The summed E-state index contributed by atoms with van der Waals surface area (Å²) in [6, 6.07) is -0.120. The molecule has 3 N–H and O–H groups in total. The predicted molar refractivity (Wildman–Crippen MR) is 77.6 cm³/mol. The van der Waals surface area contributed by atoms with Gasteiger partial charge in [-0.1, -0.05) is 0 Å². The number of piperazine rings is 1. The maximum absolute atomic E-state index is 11.7. The topological polar surface area (TPSA) is 73.5 Å². The van der Waals surface area contributed by atoms with Gasteiger partial charge in [-0.2, -0.15) is 0 Å². The maximum atomic E-state index is 11.7. The van der Waals surface area contributed by atoms with E-state index in [0.717, 1.165) is 19.6 Å². The van der Waals surface area contributed by atoms with Crippen LogP contribution in [-0.2, 0) is 4.79 Å². The van der Waals surface area contributed by atoms with Gasteiger partial charge in [0.2, 0.25) is 5.91 Å². The van der Waals surface area contributed by atoms with Gasteiger partial charge in [0.15, 0.2) is 0 Å². The van der Waals surface area contributed by atoms with Gasteiger partial charge in [0.25, 0.3) is 0 Å². The Balaban J connectivity index is 0.00000324. The first-order valence-electron chi connectivity index (χ1n) is 6.35. The Labute approximate surface area is 121 Å². The summed E-state index contributed by atoms with van der Waals surface area (Å²) in [5.74, 6) is -0.259. The molecular weight excluding hydrogens is 268 g/mol. The van der Waals surface area contributed by atoms with Crippen LogP contribution in [0, 0.1) is 0 Å². The van der Waals surface area contributed by atoms with E-state index >= 15 is 0 Å². The van der Waals surface area contributed by atoms with Crippen molar-refractivity contribution in [1.29, 1.82) is 0 Å². The van der Waals surface area contributed by atoms with Gasteiger partial charge in [-0.3, -0.25) is 15.0 Å². The molecule has 3 amide bonds. The second-order valence-electron chi connectivity index (χ2n) is 5.78. The number of carbonyl (C=O) groups is 2. The quantitative estimate of drug-likeness (QED) is 0.686. The van der Waals surface area contributed by atoms with Crippen LogP contribution in [0.3, 0.4) is 0 Å². The predicted octanol–water partition coefficient (Wildman–Crippen LogP) is 0.326. The fraction of sp³-hybridized carbons (Fsp3) is 0.833. The zero-order chi connectivity index (χ0) is 13.8. The van der Waals surface area contributed by atoms with Crippen LogP contribution in [0.25, 0.3) is 0 Å². The van der Waals surface area contributed by atoms with E-state index in [-0.39, 0.29) is 30.4 Å².